The van der Waals surface area contributed by atoms with Crippen LogP contribution in [0.15, 0.2) is 41.0 Å². The smallest absolute Gasteiger partial charge is 1.00 e. The van der Waals surface area contributed by atoms with Crippen molar-refractivity contribution in [1.29, 1.82) is 0 Å². The van der Waals surface area contributed by atoms with Crippen LogP contribution in [0.4, 0.5) is 0 Å². The van der Waals surface area contributed by atoms with Crippen LogP contribution in [0.1, 0.15) is 68.2 Å². The van der Waals surface area contributed by atoms with Crippen molar-refractivity contribution in [3.63, 3.8) is 0 Å². The molecule has 4 heteroatoms. The number of rotatable bonds is 2. The van der Waals surface area contributed by atoms with Gasteiger partial charge in [0, 0.05) is 0 Å². The van der Waals surface area contributed by atoms with Gasteiger partial charge in [0.25, 0.3) is 0 Å². The monoisotopic (exact) mass is 488 g/mol. The summed E-state index contributed by atoms with van der Waals surface area (Å²) in [7, 11) is 0. The largest absolute Gasteiger partial charge is 1.00 e. The van der Waals surface area contributed by atoms with E-state index in [0.29, 0.717) is 10.8 Å². The molecule has 0 heterocycles. The second-order valence-corrected chi connectivity index (χ2v) is 26.9. The minimum absolute atomic E-state index is 0. The van der Waals surface area contributed by atoms with Gasteiger partial charge in [-0.25, -0.2) is 0 Å². The predicted molar refractivity (Wildman–Crippen MR) is 107 cm³/mol. The number of hydrogen-bond acceptors (Lipinski definition) is 0. The fourth-order valence-electron chi connectivity index (χ4n) is 4.45. The van der Waals surface area contributed by atoms with E-state index in [0.717, 1.165) is 0 Å². The third kappa shape index (κ3) is 5.37. The summed E-state index contributed by atoms with van der Waals surface area (Å²) < 4.78 is 3.83. The minimum atomic E-state index is -1.69. The average Bonchev–Trinajstić information content (AvgIpc) is 2.94. The Morgan fingerprint density at radius 3 is 1.23 bits per heavy atom. The first kappa shape index (κ1) is 26.6. The molecule has 0 atom stereocenters. The SMILES string of the molecule is CC1=[C]([Zr+2]([C]2=C(C)C(C(C)(C)C)=CC2)=[Si](C)C)CC=C1C(C)(C)C.[Cl-].[Cl-]. The van der Waals surface area contributed by atoms with Crippen molar-refractivity contribution < 1.29 is 45.2 Å². The minimum Gasteiger partial charge on any atom is -1.00 e. The summed E-state index contributed by atoms with van der Waals surface area (Å²) in [6.07, 6.45) is 7.62. The van der Waals surface area contributed by atoms with Crippen LogP contribution < -0.4 is 24.8 Å². The molecular formula is C22H36Cl2SiZr. The molecule has 0 bridgehead atoms. The van der Waals surface area contributed by atoms with Crippen molar-refractivity contribution in [2.45, 2.75) is 81.3 Å². The van der Waals surface area contributed by atoms with E-state index in [4.69, 9.17) is 0 Å². The van der Waals surface area contributed by atoms with Gasteiger partial charge in [-0.1, -0.05) is 0 Å². The van der Waals surface area contributed by atoms with Gasteiger partial charge in [-0.05, 0) is 0 Å². The van der Waals surface area contributed by atoms with Gasteiger partial charge in [-0.15, -0.1) is 0 Å². The Kier molecular flexibility index (Phi) is 9.66. The van der Waals surface area contributed by atoms with Crippen molar-refractivity contribution in [1.82, 2.24) is 0 Å². The third-order valence-electron chi connectivity index (χ3n) is 5.45. The molecule has 0 aromatic rings. The molecule has 0 nitrogen and oxygen atoms in total. The molecule has 146 valence electrons. The summed E-state index contributed by atoms with van der Waals surface area (Å²) in [5.74, 6) is 0. The molecule has 0 aromatic carbocycles. The van der Waals surface area contributed by atoms with Gasteiger partial charge in [0.1, 0.15) is 0 Å². The van der Waals surface area contributed by atoms with Crippen molar-refractivity contribution in [3.05, 3.63) is 41.0 Å². The molecule has 0 saturated heterocycles. The summed E-state index contributed by atoms with van der Waals surface area (Å²) in [4.78, 5) is 0. The third-order valence-corrected chi connectivity index (χ3v) is 23.2. The van der Waals surface area contributed by atoms with Crippen LogP contribution in [0, 0.1) is 10.8 Å². The van der Waals surface area contributed by atoms with Crippen LogP contribution in [-0.2, 0) is 20.4 Å². The second-order valence-electron chi connectivity index (χ2n) is 9.73. The van der Waals surface area contributed by atoms with E-state index in [-0.39, 0.29) is 30.2 Å². The summed E-state index contributed by atoms with van der Waals surface area (Å²) >= 11 is -1.69. The van der Waals surface area contributed by atoms with E-state index in [1.54, 1.807) is 22.3 Å². The maximum atomic E-state index is 2.59. The van der Waals surface area contributed by atoms with Gasteiger partial charge >= 0.3 is 159 Å². The quantitative estimate of drug-likeness (QED) is 0.510. The van der Waals surface area contributed by atoms with Gasteiger partial charge in [0.15, 0.2) is 0 Å². The first-order valence-corrected chi connectivity index (χ1v) is 18.0. The Bertz CT molecular complexity index is 660. The zero-order valence-corrected chi connectivity index (χ0v) is 23.3. The van der Waals surface area contributed by atoms with Crippen molar-refractivity contribution in [3.8, 4) is 0 Å². The van der Waals surface area contributed by atoms with E-state index < -0.39 is 20.4 Å². The Morgan fingerprint density at radius 1 is 0.731 bits per heavy atom. The van der Waals surface area contributed by atoms with E-state index in [1.165, 1.54) is 12.8 Å². The first-order valence-electron chi connectivity index (χ1n) is 9.35. The Balaban J connectivity index is 0.00000312. The van der Waals surface area contributed by atoms with Gasteiger partial charge in [-0.2, -0.15) is 0 Å². The second kappa shape index (κ2) is 9.43. The molecule has 0 amide bonds. The van der Waals surface area contributed by atoms with Crippen molar-refractivity contribution in [2.24, 2.45) is 10.8 Å². The van der Waals surface area contributed by atoms with E-state index in [2.05, 4.69) is 80.6 Å². The zero-order valence-electron chi connectivity index (χ0n) is 18.3. The van der Waals surface area contributed by atoms with Crippen LogP contribution >= 0.6 is 0 Å². The van der Waals surface area contributed by atoms with Crippen LogP contribution in [0.25, 0.3) is 0 Å². The molecule has 2 aliphatic carbocycles. The first-order chi connectivity index (χ1) is 10.9. The fourth-order valence-corrected chi connectivity index (χ4v) is 22.9. The standard InChI is InChI=1S/2C10H15.C2H6Si.2ClH.Zr/c2*1-8-6-5-7-9(8)10(2,3)4;1-3-2;;;/h2*7H,5H2,1-4H3;1-2H3;2*1H;/q;;;;;+2/p-2. The Hall–Kier alpha value is 0.640. The van der Waals surface area contributed by atoms with E-state index >= 15 is 0 Å². The Morgan fingerprint density at radius 2 is 1.04 bits per heavy atom. The molecule has 2 rings (SSSR count). The molecule has 0 radical (unpaired) electrons. The average molecular weight is 491 g/mol. The van der Waals surface area contributed by atoms with Gasteiger partial charge < -0.3 is 24.8 Å². The molecule has 0 aromatic heterocycles. The van der Waals surface area contributed by atoms with Gasteiger partial charge in [0.05, 0.1) is 0 Å². The van der Waals surface area contributed by atoms with E-state index in [1.807, 2.05) is 6.56 Å². The fraction of sp³-hybridized carbons (Fsp3) is 0.636. The summed E-state index contributed by atoms with van der Waals surface area (Å²) in [5.41, 5.74) is 6.96. The molecule has 2 aliphatic rings. The topological polar surface area (TPSA) is 0 Å². The molecular weight excluding hydrogens is 454 g/mol. The maximum Gasteiger partial charge on any atom is -1.00 e. The van der Waals surface area contributed by atoms with Crippen LogP contribution in [-0.4, -0.2) is 5.43 Å². The maximum absolute atomic E-state index is 2.59. The van der Waals surface area contributed by atoms with Crippen LogP contribution in [0.5, 0.6) is 0 Å². The number of halogens is 2. The molecule has 0 spiro atoms. The molecule has 0 unspecified atom stereocenters. The van der Waals surface area contributed by atoms with Crippen LogP contribution in [0.2, 0.25) is 13.1 Å². The number of allylic oxidation sites excluding steroid dienone is 8. The number of hydrogen-bond donors (Lipinski definition) is 0. The van der Waals surface area contributed by atoms with Gasteiger partial charge in [-0.3, -0.25) is 0 Å². The normalized spacial score (nSPS) is 17.3. The molecule has 0 aliphatic heterocycles. The zero-order chi connectivity index (χ0) is 18.4. The van der Waals surface area contributed by atoms with Crippen LogP contribution in [0.3, 0.4) is 0 Å². The van der Waals surface area contributed by atoms with Crippen molar-refractivity contribution >= 4 is 5.43 Å². The molecule has 0 N–H and O–H groups in total. The summed E-state index contributed by atoms with van der Waals surface area (Å²) in [6, 6.07) is 0. The van der Waals surface area contributed by atoms with Gasteiger partial charge in [0.2, 0.25) is 0 Å². The summed E-state index contributed by atoms with van der Waals surface area (Å²) in [5, 5.41) is 0. The molecule has 0 fully saturated rings. The molecule has 26 heavy (non-hydrogen) atoms. The molecule has 0 saturated carbocycles. The summed E-state index contributed by atoms with van der Waals surface area (Å²) in [6.45, 7) is 24.3. The predicted octanol–water partition coefficient (Wildman–Crippen LogP) is 1.16. The van der Waals surface area contributed by atoms with Crippen molar-refractivity contribution in [2.75, 3.05) is 0 Å². The van der Waals surface area contributed by atoms with E-state index in [9.17, 15) is 0 Å². The Labute approximate surface area is 182 Å².